The van der Waals surface area contributed by atoms with Crippen LogP contribution in [0.5, 0.6) is 5.75 Å². The summed E-state index contributed by atoms with van der Waals surface area (Å²) in [5.74, 6) is 0.771. The average Bonchev–Trinajstić information content (AvgIpc) is 2.90. The van der Waals surface area contributed by atoms with Gasteiger partial charge in [0.1, 0.15) is 5.75 Å². The lowest BCUT2D eigenvalue weighted by Crippen LogP contribution is -2.26. The fraction of sp³-hybridized carbons (Fsp3) is 0.571. The number of ether oxygens (including phenoxy) is 1. The summed E-state index contributed by atoms with van der Waals surface area (Å²) in [7, 11) is 1.64. The van der Waals surface area contributed by atoms with Crippen LogP contribution in [0.15, 0.2) is 18.2 Å². The molecule has 0 aliphatic carbocycles. The van der Waals surface area contributed by atoms with E-state index in [2.05, 4.69) is 4.90 Å². The first kappa shape index (κ1) is 13.7. The zero-order chi connectivity index (χ0) is 13.0. The van der Waals surface area contributed by atoms with Gasteiger partial charge in [0, 0.05) is 17.7 Å². The lowest BCUT2D eigenvalue weighted by Gasteiger charge is -2.28. The van der Waals surface area contributed by atoms with E-state index in [9.17, 15) is 5.11 Å². The van der Waals surface area contributed by atoms with Gasteiger partial charge in [0.05, 0.1) is 7.11 Å². The van der Waals surface area contributed by atoms with Crippen molar-refractivity contribution in [3.05, 3.63) is 28.8 Å². The molecule has 1 fully saturated rings. The van der Waals surface area contributed by atoms with Crippen LogP contribution in [0.3, 0.4) is 0 Å². The highest BCUT2D eigenvalue weighted by Gasteiger charge is 2.24. The molecule has 1 atom stereocenters. The van der Waals surface area contributed by atoms with Crippen molar-refractivity contribution >= 4 is 11.6 Å². The molecule has 0 saturated carbocycles. The summed E-state index contributed by atoms with van der Waals surface area (Å²) in [6.45, 7) is 2.36. The smallest absolute Gasteiger partial charge is 0.120 e. The molecule has 1 saturated heterocycles. The molecule has 0 aromatic heterocycles. The number of aliphatic hydroxyl groups excluding tert-OH is 1. The Morgan fingerprint density at radius 3 is 2.67 bits per heavy atom. The quantitative estimate of drug-likeness (QED) is 0.892. The summed E-state index contributed by atoms with van der Waals surface area (Å²) in [4.78, 5) is 2.41. The molecule has 1 aromatic rings. The maximum atomic E-state index is 9.26. The highest BCUT2D eigenvalue weighted by molar-refractivity contribution is 6.31. The number of hydrogen-bond donors (Lipinski definition) is 1. The number of benzene rings is 1. The zero-order valence-electron chi connectivity index (χ0n) is 10.7. The van der Waals surface area contributed by atoms with Crippen LogP contribution < -0.4 is 4.74 Å². The molecule has 2 rings (SSSR count). The number of hydrogen-bond acceptors (Lipinski definition) is 3. The Morgan fingerprint density at radius 2 is 2.11 bits per heavy atom. The third-order valence-electron chi connectivity index (χ3n) is 3.55. The van der Waals surface area contributed by atoms with Crippen LogP contribution in [-0.4, -0.2) is 36.8 Å². The molecule has 0 spiro atoms. The summed E-state index contributed by atoms with van der Waals surface area (Å²) in [6, 6.07) is 6.01. The van der Waals surface area contributed by atoms with Crippen molar-refractivity contribution in [2.24, 2.45) is 0 Å². The van der Waals surface area contributed by atoms with Crippen LogP contribution in [0.25, 0.3) is 0 Å². The van der Waals surface area contributed by atoms with Crippen molar-refractivity contribution in [1.29, 1.82) is 0 Å². The van der Waals surface area contributed by atoms with E-state index < -0.39 is 0 Å². The van der Waals surface area contributed by atoms with E-state index in [0.29, 0.717) is 0 Å². The third kappa shape index (κ3) is 2.97. The minimum Gasteiger partial charge on any atom is -0.497 e. The SMILES string of the molecule is COc1ccc(C(CCO)N2CCCC2)c(Cl)c1. The second-order valence-electron chi connectivity index (χ2n) is 4.66. The van der Waals surface area contributed by atoms with Crippen LogP contribution in [0.2, 0.25) is 5.02 Å². The van der Waals surface area contributed by atoms with E-state index in [1.165, 1.54) is 12.8 Å². The number of nitrogens with zero attached hydrogens (tertiary/aromatic N) is 1. The van der Waals surface area contributed by atoms with Crippen LogP contribution >= 0.6 is 11.6 Å². The Hall–Kier alpha value is -0.770. The molecule has 4 heteroatoms. The van der Waals surface area contributed by atoms with Crippen molar-refractivity contribution in [3.63, 3.8) is 0 Å². The topological polar surface area (TPSA) is 32.7 Å². The molecule has 0 amide bonds. The van der Waals surface area contributed by atoms with Gasteiger partial charge in [0.25, 0.3) is 0 Å². The average molecular weight is 270 g/mol. The Balaban J connectivity index is 2.23. The fourth-order valence-electron chi connectivity index (χ4n) is 2.62. The molecule has 18 heavy (non-hydrogen) atoms. The molecule has 3 nitrogen and oxygen atoms in total. The number of aliphatic hydroxyl groups is 1. The van der Waals surface area contributed by atoms with Gasteiger partial charge < -0.3 is 9.84 Å². The normalized spacial score (nSPS) is 17.9. The number of rotatable bonds is 5. The summed E-state index contributed by atoms with van der Waals surface area (Å²) in [5, 5.41) is 9.98. The van der Waals surface area contributed by atoms with Crippen LogP contribution in [-0.2, 0) is 0 Å². The molecule has 1 aliphatic rings. The Bertz CT molecular complexity index is 391. The molecular formula is C14H20ClNO2. The number of likely N-dealkylation sites (tertiary alicyclic amines) is 1. The minimum absolute atomic E-state index is 0.184. The van der Waals surface area contributed by atoms with Gasteiger partial charge in [-0.3, -0.25) is 4.90 Å². The largest absolute Gasteiger partial charge is 0.497 e. The van der Waals surface area contributed by atoms with E-state index in [-0.39, 0.29) is 12.6 Å². The van der Waals surface area contributed by atoms with Crippen molar-refractivity contribution in [2.45, 2.75) is 25.3 Å². The molecule has 1 aromatic carbocycles. The fourth-order valence-corrected chi connectivity index (χ4v) is 2.91. The van der Waals surface area contributed by atoms with E-state index in [1.807, 2.05) is 18.2 Å². The highest BCUT2D eigenvalue weighted by Crippen LogP contribution is 2.34. The lowest BCUT2D eigenvalue weighted by atomic mass is 10.0. The molecule has 1 aliphatic heterocycles. The molecule has 100 valence electrons. The van der Waals surface area contributed by atoms with E-state index in [1.54, 1.807) is 7.11 Å². The first-order chi connectivity index (χ1) is 8.76. The van der Waals surface area contributed by atoms with Crippen molar-refractivity contribution < 1.29 is 9.84 Å². The monoisotopic (exact) mass is 269 g/mol. The van der Waals surface area contributed by atoms with Gasteiger partial charge in [-0.25, -0.2) is 0 Å². The van der Waals surface area contributed by atoms with Crippen molar-refractivity contribution in [3.8, 4) is 5.75 Å². The molecule has 1 N–H and O–H groups in total. The van der Waals surface area contributed by atoms with E-state index in [0.717, 1.165) is 35.8 Å². The molecule has 1 unspecified atom stereocenters. The van der Waals surface area contributed by atoms with Gasteiger partial charge in [-0.15, -0.1) is 0 Å². The third-order valence-corrected chi connectivity index (χ3v) is 3.88. The first-order valence-corrected chi connectivity index (χ1v) is 6.82. The summed E-state index contributed by atoms with van der Waals surface area (Å²) in [5.41, 5.74) is 1.09. The van der Waals surface area contributed by atoms with Gasteiger partial charge in [-0.1, -0.05) is 17.7 Å². The zero-order valence-corrected chi connectivity index (χ0v) is 11.5. The predicted molar refractivity (Wildman–Crippen MR) is 73.3 cm³/mol. The highest BCUT2D eigenvalue weighted by atomic mass is 35.5. The van der Waals surface area contributed by atoms with Gasteiger partial charge in [0.2, 0.25) is 0 Å². The lowest BCUT2D eigenvalue weighted by molar-refractivity contribution is 0.185. The minimum atomic E-state index is 0.184. The predicted octanol–water partition coefficient (Wildman–Crippen LogP) is 2.87. The number of methoxy groups -OCH3 is 1. The van der Waals surface area contributed by atoms with E-state index >= 15 is 0 Å². The summed E-state index contributed by atoms with van der Waals surface area (Å²) < 4.78 is 5.17. The molecule has 0 radical (unpaired) electrons. The maximum absolute atomic E-state index is 9.26. The standard InChI is InChI=1S/C14H20ClNO2/c1-18-11-4-5-12(13(15)10-11)14(6-9-17)16-7-2-3-8-16/h4-5,10,14,17H,2-3,6-9H2,1H3. The van der Waals surface area contributed by atoms with Crippen LogP contribution in [0.4, 0.5) is 0 Å². The Labute approximate surface area is 113 Å². The van der Waals surface area contributed by atoms with Crippen LogP contribution in [0.1, 0.15) is 30.9 Å². The summed E-state index contributed by atoms with van der Waals surface area (Å²) >= 11 is 6.33. The number of halogens is 1. The second kappa shape index (κ2) is 6.41. The molecular weight excluding hydrogens is 250 g/mol. The maximum Gasteiger partial charge on any atom is 0.120 e. The molecule has 1 heterocycles. The van der Waals surface area contributed by atoms with Gasteiger partial charge >= 0.3 is 0 Å². The van der Waals surface area contributed by atoms with Crippen molar-refractivity contribution in [2.75, 3.05) is 26.8 Å². The van der Waals surface area contributed by atoms with Gasteiger partial charge in [0.15, 0.2) is 0 Å². The Morgan fingerprint density at radius 1 is 1.39 bits per heavy atom. The Kier molecular flexibility index (Phi) is 4.87. The van der Waals surface area contributed by atoms with Crippen molar-refractivity contribution in [1.82, 2.24) is 4.90 Å². The molecule has 0 bridgehead atoms. The van der Waals surface area contributed by atoms with Gasteiger partial charge in [-0.05, 0) is 50.0 Å². The van der Waals surface area contributed by atoms with E-state index in [4.69, 9.17) is 16.3 Å². The first-order valence-electron chi connectivity index (χ1n) is 6.44. The summed E-state index contributed by atoms with van der Waals surface area (Å²) in [6.07, 6.45) is 3.19. The second-order valence-corrected chi connectivity index (χ2v) is 5.07. The van der Waals surface area contributed by atoms with Gasteiger partial charge in [-0.2, -0.15) is 0 Å². The van der Waals surface area contributed by atoms with Crippen LogP contribution in [0, 0.1) is 0 Å².